The number of nitrogens with one attached hydrogen (secondary N) is 1. The van der Waals surface area contributed by atoms with E-state index in [4.69, 9.17) is 4.74 Å². The first-order valence-electron chi connectivity index (χ1n) is 5.59. The second kappa shape index (κ2) is 6.70. The average molecular weight is 256 g/mol. The Balaban J connectivity index is 2.71. The Kier molecular flexibility index (Phi) is 5.25. The Bertz CT molecular complexity index is 430. The van der Waals surface area contributed by atoms with Crippen molar-refractivity contribution in [2.45, 2.75) is 19.9 Å². The number of carbonyl (C=O) groups is 1. The van der Waals surface area contributed by atoms with Crippen molar-refractivity contribution >= 4 is 11.6 Å². The molecule has 0 unspecified atom stereocenters. The lowest BCUT2D eigenvalue weighted by Crippen LogP contribution is -2.26. The van der Waals surface area contributed by atoms with Crippen molar-refractivity contribution in [2.24, 2.45) is 0 Å². The first kappa shape index (κ1) is 14.1. The summed E-state index contributed by atoms with van der Waals surface area (Å²) in [6.45, 7) is 3.17. The minimum absolute atomic E-state index is 0.153. The summed E-state index contributed by atoms with van der Waals surface area (Å²) >= 11 is 0. The third kappa shape index (κ3) is 3.52. The number of aromatic nitrogens is 2. The fraction of sp³-hybridized carbons (Fsp3) is 0.600. The van der Waals surface area contributed by atoms with Gasteiger partial charge in [0, 0.05) is 26.8 Å². The molecule has 1 aromatic heterocycles. The number of rotatable bonds is 7. The second-order valence-corrected chi connectivity index (χ2v) is 3.58. The SMILES string of the molecule is CCn1cc([N+](=O)[O-])c(C(=O)NCCCOC)n1. The quantitative estimate of drug-likeness (QED) is 0.437. The highest BCUT2D eigenvalue weighted by Crippen LogP contribution is 2.16. The fourth-order valence-corrected chi connectivity index (χ4v) is 1.37. The second-order valence-electron chi connectivity index (χ2n) is 3.58. The van der Waals surface area contributed by atoms with E-state index in [0.29, 0.717) is 26.1 Å². The molecule has 0 bridgehead atoms. The summed E-state index contributed by atoms with van der Waals surface area (Å²) in [6.07, 6.45) is 1.90. The Morgan fingerprint density at radius 2 is 2.39 bits per heavy atom. The van der Waals surface area contributed by atoms with E-state index < -0.39 is 10.8 Å². The number of carbonyl (C=O) groups excluding carboxylic acids is 1. The van der Waals surface area contributed by atoms with Gasteiger partial charge in [-0.15, -0.1) is 0 Å². The number of hydrogen-bond acceptors (Lipinski definition) is 5. The number of methoxy groups -OCH3 is 1. The molecule has 100 valence electrons. The first-order valence-corrected chi connectivity index (χ1v) is 5.59. The lowest BCUT2D eigenvalue weighted by Gasteiger charge is -2.02. The number of nitrogens with zero attached hydrogens (tertiary/aromatic N) is 3. The maximum absolute atomic E-state index is 11.7. The van der Waals surface area contributed by atoms with Crippen LogP contribution in [0.25, 0.3) is 0 Å². The third-order valence-electron chi connectivity index (χ3n) is 2.29. The molecule has 1 aromatic rings. The van der Waals surface area contributed by atoms with Crippen molar-refractivity contribution in [3.05, 3.63) is 22.0 Å². The van der Waals surface area contributed by atoms with Crippen molar-refractivity contribution < 1.29 is 14.5 Å². The maximum atomic E-state index is 11.7. The number of aryl methyl sites for hydroxylation is 1. The molecule has 0 aromatic carbocycles. The van der Waals surface area contributed by atoms with Crippen LogP contribution in [0.5, 0.6) is 0 Å². The Hall–Kier alpha value is -1.96. The summed E-state index contributed by atoms with van der Waals surface area (Å²) < 4.78 is 6.20. The van der Waals surface area contributed by atoms with Crippen LogP contribution in [0.3, 0.4) is 0 Å². The van der Waals surface area contributed by atoms with E-state index in [9.17, 15) is 14.9 Å². The zero-order chi connectivity index (χ0) is 13.5. The normalized spacial score (nSPS) is 10.3. The van der Waals surface area contributed by atoms with E-state index >= 15 is 0 Å². The first-order chi connectivity index (χ1) is 8.60. The van der Waals surface area contributed by atoms with Crippen molar-refractivity contribution in [3.63, 3.8) is 0 Å². The molecular formula is C10H16N4O4. The fourth-order valence-electron chi connectivity index (χ4n) is 1.37. The summed E-state index contributed by atoms with van der Waals surface area (Å²) in [7, 11) is 1.57. The van der Waals surface area contributed by atoms with Gasteiger partial charge < -0.3 is 10.1 Å². The average Bonchev–Trinajstić information content (AvgIpc) is 2.78. The van der Waals surface area contributed by atoms with E-state index in [1.165, 1.54) is 10.9 Å². The van der Waals surface area contributed by atoms with Gasteiger partial charge in [0.15, 0.2) is 0 Å². The van der Waals surface area contributed by atoms with Crippen molar-refractivity contribution in [2.75, 3.05) is 20.3 Å². The number of hydrogen-bond donors (Lipinski definition) is 1. The van der Waals surface area contributed by atoms with E-state index in [-0.39, 0.29) is 11.4 Å². The van der Waals surface area contributed by atoms with Crippen LogP contribution in [0.4, 0.5) is 5.69 Å². The highest BCUT2D eigenvalue weighted by molar-refractivity contribution is 5.95. The van der Waals surface area contributed by atoms with E-state index in [1.54, 1.807) is 14.0 Å². The molecule has 1 rings (SSSR count). The molecule has 1 heterocycles. The lowest BCUT2D eigenvalue weighted by atomic mass is 10.3. The van der Waals surface area contributed by atoms with Gasteiger partial charge in [0.25, 0.3) is 5.91 Å². The van der Waals surface area contributed by atoms with Crippen LogP contribution >= 0.6 is 0 Å². The highest BCUT2D eigenvalue weighted by atomic mass is 16.6. The highest BCUT2D eigenvalue weighted by Gasteiger charge is 2.24. The van der Waals surface area contributed by atoms with Gasteiger partial charge in [-0.2, -0.15) is 5.10 Å². The largest absolute Gasteiger partial charge is 0.385 e. The molecule has 1 amide bonds. The molecule has 8 heteroatoms. The summed E-state index contributed by atoms with van der Waals surface area (Å²) in [5, 5.41) is 17.2. The molecular weight excluding hydrogens is 240 g/mol. The smallest absolute Gasteiger partial charge is 0.320 e. The van der Waals surface area contributed by atoms with E-state index in [2.05, 4.69) is 10.4 Å². The summed E-state index contributed by atoms with van der Waals surface area (Å²) in [6, 6.07) is 0. The van der Waals surface area contributed by atoms with Crippen LogP contribution in [-0.2, 0) is 11.3 Å². The third-order valence-corrected chi connectivity index (χ3v) is 2.29. The molecule has 0 fully saturated rings. The van der Waals surface area contributed by atoms with Crippen LogP contribution in [0.15, 0.2) is 6.20 Å². The zero-order valence-corrected chi connectivity index (χ0v) is 10.4. The predicted molar refractivity (Wildman–Crippen MR) is 63.4 cm³/mol. The van der Waals surface area contributed by atoms with Gasteiger partial charge in [-0.25, -0.2) is 0 Å². The molecule has 1 N–H and O–H groups in total. The molecule has 0 saturated heterocycles. The minimum Gasteiger partial charge on any atom is -0.385 e. The predicted octanol–water partition coefficient (Wildman–Crippen LogP) is 0.577. The summed E-state index contributed by atoms with van der Waals surface area (Å²) in [5.74, 6) is -0.537. The molecule has 0 radical (unpaired) electrons. The number of nitro groups is 1. The van der Waals surface area contributed by atoms with Crippen LogP contribution in [-0.4, -0.2) is 40.9 Å². The van der Waals surface area contributed by atoms with Crippen LogP contribution in [0, 0.1) is 10.1 Å². The molecule has 8 nitrogen and oxygen atoms in total. The van der Waals surface area contributed by atoms with Crippen molar-refractivity contribution in [3.8, 4) is 0 Å². The number of amides is 1. The number of ether oxygens (including phenoxy) is 1. The summed E-state index contributed by atoms with van der Waals surface area (Å²) in [5.41, 5.74) is -0.430. The van der Waals surface area contributed by atoms with E-state index in [1.807, 2.05) is 0 Å². The minimum atomic E-state index is -0.608. The summed E-state index contributed by atoms with van der Waals surface area (Å²) in [4.78, 5) is 21.9. The molecule has 18 heavy (non-hydrogen) atoms. The van der Waals surface area contributed by atoms with Crippen molar-refractivity contribution in [1.82, 2.24) is 15.1 Å². The van der Waals surface area contributed by atoms with Gasteiger partial charge >= 0.3 is 5.69 Å². The van der Waals surface area contributed by atoms with Gasteiger partial charge in [0.2, 0.25) is 5.69 Å². The monoisotopic (exact) mass is 256 g/mol. The molecule has 0 spiro atoms. The molecule has 0 aliphatic carbocycles. The Labute approximate surface area is 104 Å². The van der Waals surface area contributed by atoms with Gasteiger partial charge in [-0.3, -0.25) is 19.6 Å². The topological polar surface area (TPSA) is 99.3 Å². The zero-order valence-electron chi connectivity index (χ0n) is 10.4. The van der Waals surface area contributed by atoms with Gasteiger partial charge in [-0.1, -0.05) is 0 Å². The molecule has 0 aliphatic rings. The Morgan fingerprint density at radius 3 is 2.94 bits per heavy atom. The molecule has 0 saturated carbocycles. The van der Waals surface area contributed by atoms with Crippen LogP contribution in [0.2, 0.25) is 0 Å². The van der Waals surface area contributed by atoms with Gasteiger partial charge in [-0.05, 0) is 13.3 Å². The van der Waals surface area contributed by atoms with Crippen LogP contribution < -0.4 is 5.32 Å². The van der Waals surface area contributed by atoms with Crippen molar-refractivity contribution in [1.29, 1.82) is 0 Å². The lowest BCUT2D eigenvalue weighted by molar-refractivity contribution is -0.385. The van der Waals surface area contributed by atoms with Crippen LogP contribution in [0.1, 0.15) is 23.8 Å². The Morgan fingerprint density at radius 1 is 1.67 bits per heavy atom. The van der Waals surface area contributed by atoms with E-state index in [0.717, 1.165) is 0 Å². The maximum Gasteiger partial charge on any atom is 0.320 e. The standard InChI is InChI=1S/C10H16N4O4/c1-3-13-7-8(14(16)17)9(12-13)10(15)11-5-4-6-18-2/h7H,3-6H2,1-2H3,(H,11,15). The van der Waals surface area contributed by atoms with Gasteiger partial charge in [0.1, 0.15) is 6.20 Å². The molecule has 0 atom stereocenters. The van der Waals surface area contributed by atoms with Gasteiger partial charge in [0.05, 0.1) is 4.92 Å². The molecule has 0 aliphatic heterocycles.